The summed E-state index contributed by atoms with van der Waals surface area (Å²) >= 11 is 0. The second-order valence-electron chi connectivity index (χ2n) is 2.60. The molecule has 0 saturated heterocycles. The number of benzene rings is 1. The lowest BCUT2D eigenvalue weighted by Gasteiger charge is -1.88. The summed E-state index contributed by atoms with van der Waals surface area (Å²) in [5.74, 6) is 0. The Bertz CT molecular complexity index is 384. The van der Waals surface area contributed by atoms with Gasteiger partial charge in [0.25, 0.3) is 5.56 Å². The van der Waals surface area contributed by atoms with E-state index in [1.807, 2.05) is 36.4 Å². The molecule has 1 atom stereocenters. The minimum absolute atomic E-state index is 0.00231. The van der Waals surface area contributed by atoms with Crippen LogP contribution in [0.3, 0.4) is 0 Å². The van der Waals surface area contributed by atoms with Crippen molar-refractivity contribution in [2.45, 2.75) is 0 Å². The number of hydrogen-bond acceptors (Lipinski definition) is 1. The Hall–Kier alpha value is -1.40. The van der Waals surface area contributed by atoms with Gasteiger partial charge in [-0.2, -0.15) is 0 Å². The summed E-state index contributed by atoms with van der Waals surface area (Å²) in [6.07, 6.45) is 1.69. The molecule has 1 aromatic heterocycles. The van der Waals surface area contributed by atoms with Gasteiger partial charge in [-0.25, -0.2) is 0 Å². The van der Waals surface area contributed by atoms with Gasteiger partial charge in [-0.3, -0.25) is 4.79 Å². The van der Waals surface area contributed by atoms with Crippen molar-refractivity contribution >= 4 is 9.39 Å². The number of aromatic nitrogens is 1. The van der Waals surface area contributed by atoms with Crippen LogP contribution in [0.5, 0.6) is 0 Å². The molecule has 3 heteroatoms. The van der Waals surface area contributed by atoms with Crippen molar-refractivity contribution in [2.24, 2.45) is 0 Å². The topological polar surface area (TPSA) is 22.0 Å². The lowest BCUT2D eigenvalue weighted by Crippen LogP contribution is -2.07. The Morgan fingerprint density at radius 3 is 1.64 bits per heavy atom. The van der Waals surface area contributed by atoms with Crippen molar-refractivity contribution in [3.8, 4) is 0 Å². The maximum atomic E-state index is 10.6. The Labute approximate surface area is 85.5 Å². The summed E-state index contributed by atoms with van der Waals surface area (Å²) in [7, 11) is 2.29. The summed E-state index contributed by atoms with van der Waals surface area (Å²) in [6, 6.07) is 17.0. The highest BCUT2D eigenvalue weighted by Gasteiger charge is 1.79. The molecule has 72 valence electrons. The molecule has 1 aromatic carbocycles. The summed E-state index contributed by atoms with van der Waals surface area (Å²) in [6.45, 7) is 0. The molecule has 0 aliphatic rings. The van der Waals surface area contributed by atoms with Crippen molar-refractivity contribution in [1.82, 2.24) is 4.34 Å². The second kappa shape index (κ2) is 6.11. The van der Waals surface area contributed by atoms with Crippen LogP contribution in [0, 0.1) is 0 Å². The molecule has 0 radical (unpaired) electrons. The summed E-state index contributed by atoms with van der Waals surface area (Å²) in [4.78, 5) is 10.6. The molecule has 1 heterocycles. The van der Waals surface area contributed by atoms with E-state index >= 15 is 0 Å². The smallest absolute Gasteiger partial charge is 0.253 e. The van der Waals surface area contributed by atoms with E-state index in [4.69, 9.17) is 0 Å². The highest BCUT2D eigenvalue weighted by atomic mass is 31.0. The minimum atomic E-state index is -0.00231. The number of pyridine rings is 1. The van der Waals surface area contributed by atoms with Crippen molar-refractivity contribution in [3.05, 3.63) is 71.1 Å². The van der Waals surface area contributed by atoms with Crippen LogP contribution >= 0.6 is 9.39 Å². The lowest BCUT2D eigenvalue weighted by molar-refractivity contribution is 1.15. The third kappa shape index (κ3) is 4.01. The van der Waals surface area contributed by atoms with Gasteiger partial charge in [0.05, 0.1) is 0 Å². The van der Waals surface area contributed by atoms with Crippen molar-refractivity contribution in [2.75, 3.05) is 0 Å². The molecule has 0 aliphatic carbocycles. The van der Waals surface area contributed by atoms with Gasteiger partial charge in [-0.15, -0.1) is 0 Å². The second-order valence-corrected chi connectivity index (χ2v) is 3.16. The molecule has 1 unspecified atom stereocenters. The fraction of sp³-hybridized carbons (Fsp3) is 0. The van der Waals surface area contributed by atoms with Crippen molar-refractivity contribution < 1.29 is 0 Å². The Morgan fingerprint density at radius 2 is 1.36 bits per heavy atom. The Kier molecular flexibility index (Phi) is 4.66. The van der Waals surface area contributed by atoms with E-state index in [9.17, 15) is 4.79 Å². The van der Waals surface area contributed by atoms with Crippen LogP contribution in [0.2, 0.25) is 0 Å². The van der Waals surface area contributed by atoms with Gasteiger partial charge in [-0.1, -0.05) is 42.5 Å². The standard InChI is InChI=1S/C6H6.C5H6NOP/c1-2-4-6-5-3-1;7-5-3-1-2-4-6(5)8/h1-6H;1-4H,8H2. The molecule has 0 saturated carbocycles. The maximum Gasteiger partial charge on any atom is 0.253 e. The van der Waals surface area contributed by atoms with Crippen LogP contribution in [0.15, 0.2) is 65.6 Å². The highest BCUT2D eigenvalue weighted by molar-refractivity contribution is 7.14. The average molecular weight is 205 g/mol. The average Bonchev–Trinajstić information content (AvgIpc) is 2.26. The van der Waals surface area contributed by atoms with Gasteiger partial charge >= 0.3 is 0 Å². The molecule has 2 nitrogen and oxygen atoms in total. The van der Waals surface area contributed by atoms with E-state index in [1.165, 1.54) is 10.4 Å². The Morgan fingerprint density at radius 1 is 0.857 bits per heavy atom. The first kappa shape index (κ1) is 10.7. The molecule has 0 N–H and O–H groups in total. The van der Waals surface area contributed by atoms with Crippen molar-refractivity contribution in [1.29, 1.82) is 0 Å². The molecule has 2 rings (SSSR count). The van der Waals surface area contributed by atoms with Crippen LogP contribution in [-0.4, -0.2) is 4.34 Å². The monoisotopic (exact) mass is 205 g/mol. The first-order chi connectivity index (χ1) is 6.80. The third-order valence-electron chi connectivity index (χ3n) is 1.52. The molecule has 0 bridgehead atoms. The third-order valence-corrected chi connectivity index (χ3v) is 1.94. The van der Waals surface area contributed by atoms with Gasteiger partial charge in [0.2, 0.25) is 0 Å². The molecule has 0 aliphatic heterocycles. The zero-order chi connectivity index (χ0) is 10.2. The first-order valence-corrected chi connectivity index (χ1v) is 4.75. The molecular formula is C11H12NOP. The molecule has 2 aromatic rings. The largest absolute Gasteiger partial charge is 0.300 e. The van der Waals surface area contributed by atoms with Crippen LogP contribution in [0.4, 0.5) is 0 Å². The van der Waals surface area contributed by atoms with E-state index in [0.29, 0.717) is 0 Å². The predicted octanol–water partition coefficient (Wildman–Crippen LogP) is 2.17. The zero-order valence-electron chi connectivity index (χ0n) is 7.71. The van der Waals surface area contributed by atoms with E-state index < -0.39 is 0 Å². The molecule has 0 fully saturated rings. The van der Waals surface area contributed by atoms with E-state index in [-0.39, 0.29) is 5.56 Å². The minimum Gasteiger partial charge on any atom is -0.300 e. The normalized spacial score (nSPS) is 8.64. The summed E-state index contributed by atoms with van der Waals surface area (Å²) in [5.41, 5.74) is -0.00231. The van der Waals surface area contributed by atoms with E-state index in [2.05, 4.69) is 9.39 Å². The van der Waals surface area contributed by atoms with Crippen LogP contribution < -0.4 is 5.56 Å². The quantitative estimate of drug-likeness (QED) is 0.604. The van der Waals surface area contributed by atoms with Crippen LogP contribution in [0.25, 0.3) is 0 Å². The van der Waals surface area contributed by atoms with Gasteiger partial charge < -0.3 is 4.34 Å². The van der Waals surface area contributed by atoms with Gasteiger partial charge in [0.15, 0.2) is 0 Å². The number of nitrogens with zero attached hydrogens (tertiary/aromatic N) is 1. The fourth-order valence-electron chi connectivity index (χ4n) is 0.825. The molecule has 0 amide bonds. The van der Waals surface area contributed by atoms with Crippen LogP contribution in [-0.2, 0) is 0 Å². The predicted molar refractivity (Wildman–Crippen MR) is 62.3 cm³/mol. The summed E-state index contributed by atoms with van der Waals surface area (Å²) < 4.78 is 1.44. The van der Waals surface area contributed by atoms with Gasteiger partial charge in [0, 0.05) is 12.3 Å². The van der Waals surface area contributed by atoms with E-state index in [0.717, 1.165) is 0 Å². The van der Waals surface area contributed by atoms with Gasteiger partial charge in [0.1, 0.15) is 0 Å². The van der Waals surface area contributed by atoms with Crippen molar-refractivity contribution in [3.63, 3.8) is 0 Å². The Balaban J connectivity index is 0.000000146. The zero-order valence-corrected chi connectivity index (χ0v) is 8.86. The van der Waals surface area contributed by atoms with E-state index in [1.54, 1.807) is 18.3 Å². The highest BCUT2D eigenvalue weighted by Crippen LogP contribution is 1.84. The van der Waals surface area contributed by atoms with Gasteiger partial charge in [-0.05, 0) is 15.5 Å². The first-order valence-electron chi connectivity index (χ1n) is 4.23. The SMILES string of the molecule is O=c1ccccn1P.c1ccccc1. The number of rotatable bonds is 0. The summed E-state index contributed by atoms with van der Waals surface area (Å²) in [5, 5.41) is 0. The number of hydrogen-bond donors (Lipinski definition) is 0. The van der Waals surface area contributed by atoms with Crippen LogP contribution in [0.1, 0.15) is 0 Å². The lowest BCUT2D eigenvalue weighted by atomic mass is 10.4. The molecule has 0 spiro atoms. The molecular weight excluding hydrogens is 193 g/mol. The molecule has 14 heavy (non-hydrogen) atoms. The maximum absolute atomic E-state index is 10.6. The fourth-order valence-corrected chi connectivity index (χ4v) is 1.01.